The molecule has 0 aromatic heterocycles. The monoisotopic (exact) mass is 451 g/mol. The molecule has 0 atom stereocenters. The molecule has 2 aromatic rings. The fourth-order valence-corrected chi connectivity index (χ4v) is 5.20. The molecule has 4 rings (SSSR count). The van der Waals surface area contributed by atoms with Gasteiger partial charge in [-0.15, -0.1) is 0 Å². The Morgan fingerprint density at radius 2 is 1.73 bits per heavy atom. The lowest BCUT2D eigenvalue weighted by atomic mass is 9.79. The van der Waals surface area contributed by atoms with Crippen molar-refractivity contribution >= 4 is 11.6 Å². The van der Waals surface area contributed by atoms with Crippen molar-refractivity contribution < 1.29 is 14.3 Å². The highest BCUT2D eigenvalue weighted by Gasteiger charge is 2.38. The van der Waals surface area contributed by atoms with Crippen molar-refractivity contribution in [2.45, 2.75) is 64.3 Å². The van der Waals surface area contributed by atoms with Crippen LogP contribution in [0.5, 0.6) is 5.75 Å². The first-order valence-corrected chi connectivity index (χ1v) is 11.9. The van der Waals surface area contributed by atoms with Crippen molar-refractivity contribution in [2.24, 2.45) is 0 Å². The average molecular weight is 452 g/mol. The number of carbonyl (C=O) groups excluding carboxylic acids is 1. The Bertz CT molecular complexity index is 933. The molecule has 2 aliphatic heterocycles. The van der Waals surface area contributed by atoms with E-state index in [0.29, 0.717) is 12.2 Å². The lowest BCUT2D eigenvalue weighted by Crippen LogP contribution is -2.62. The molecule has 0 unspecified atom stereocenters. The van der Waals surface area contributed by atoms with Crippen LogP contribution in [0.4, 0.5) is 5.69 Å². The Balaban J connectivity index is 1.32. The zero-order chi connectivity index (χ0) is 23.5. The minimum absolute atomic E-state index is 0.0000270. The molecule has 0 saturated carbocycles. The average Bonchev–Trinajstić information content (AvgIpc) is 2.76. The second-order valence-corrected chi connectivity index (χ2v) is 10.6. The molecule has 2 aromatic carbocycles. The van der Waals surface area contributed by atoms with E-state index in [1.807, 2.05) is 36.4 Å². The van der Waals surface area contributed by atoms with E-state index < -0.39 is 0 Å². The highest BCUT2D eigenvalue weighted by atomic mass is 16.5. The molecule has 6 heteroatoms. The molecule has 0 bridgehead atoms. The normalized spacial score (nSPS) is 20.3. The van der Waals surface area contributed by atoms with E-state index in [9.17, 15) is 4.79 Å². The molecule has 0 spiro atoms. The number of hydrogen-bond donors (Lipinski definition) is 2. The molecule has 1 amide bonds. The third kappa shape index (κ3) is 6.49. The van der Waals surface area contributed by atoms with E-state index in [-0.39, 0.29) is 23.0 Å². The van der Waals surface area contributed by atoms with Crippen molar-refractivity contribution in [1.29, 1.82) is 0 Å². The highest BCUT2D eigenvalue weighted by molar-refractivity contribution is 5.94. The summed E-state index contributed by atoms with van der Waals surface area (Å²) in [6.07, 6.45) is 1.83. The van der Waals surface area contributed by atoms with Crippen molar-refractivity contribution in [3.63, 3.8) is 0 Å². The van der Waals surface area contributed by atoms with E-state index in [1.165, 1.54) is 0 Å². The number of nitrogens with zero attached hydrogens (tertiary/aromatic N) is 1. The zero-order valence-electron chi connectivity index (χ0n) is 20.3. The number of anilines is 1. The molecule has 0 radical (unpaired) electrons. The first-order chi connectivity index (χ1) is 15.7. The van der Waals surface area contributed by atoms with Crippen LogP contribution in [-0.4, -0.2) is 49.3 Å². The molecule has 178 valence electrons. The van der Waals surface area contributed by atoms with E-state index in [4.69, 9.17) is 9.47 Å². The summed E-state index contributed by atoms with van der Waals surface area (Å²) in [6, 6.07) is 16.1. The van der Waals surface area contributed by atoms with Crippen molar-refractivity contribution in [2.75, 3.05) is 31.2 Å². The maximum absolute atomic E-state index is 12.8. The van der Waals surface area contributed by atoms with Gasteiger partial charge in [-0.2, -0.15) is 0 Å². The van der Waals surface area contributed by atoms with Gasteiger partial charge in [0.15, 0.2) is 0 Å². The van der Waals surface area contributed by atoms with Crippen molar-refractivity contribution in [3.05, 3.63) is 59.7 Å². The zero-order valence-corrected chi connectivity index (χ0v) is 20.3. The number of carbonyl (C=O) groups is 1. The number of nitrogens with one attached hydrogen (secondary N) is 2. The largest absolute Gasteiger partial charge is 0.489 e. The Kier molecular flexibility index (Phi) is 6.96. The van der Waals surface area contributed by atoms with E-state index in [1.54, 1.807) is 0 Å². The van der Waals surface area contributed by atoms with Crippen LogP contribution in [0.25, 0.3) is 0 Å². The highest BCUT2D eigenvalue weighted by Crippen LogP contribution is 2.29. The maximum Gasteiger partial charge on any atom is 0.251 e. The molecule has 2 aliphatic rings. The molecular formula is C27H37N3O3. The standard InChI is InChI=1S/C27H37N3O3/c1-26(2)17-22(18-27(3,4)29-26)28-25(31)21-10-8-20(9-11-21)19-33-24-7-5-6-23(16-24)30-12-14-32-15-13-30/h5-11,16,22,29H,12-15,17-19H2,1-4H3,(H,28,31). The van der Waals surface area contributed by atoms with Gasteiger partial charge in [0.2, 0.25) is 0 Å². The first kappa shape index (κ1) is 23.6. The van der Waals surface area contributed by atoms with Crippen LogP contribution in [0.3, 0.4) is 0 Å². The van der Waals surface area contributed by atoms with Crippen molar-refractivity contribution in [3.8, 4) is 5.75 Å². The third-order valence-corrected chi connectivity index (χ3v) is 6.34. The fraction of sp³-hybridized carbons (Fsp3) is 0.519. The smallest absolute Gasteiger partial charge is 0.251 e. The van der Waals surface area contributed by atoms with Gasteiger partial charge >= 0.3 is 0 Å². The summed E-state index contributed by atoms with van der Waals surface area (Å²) in [4.78, 5) is 15.2. The summed E-state index contributed by atoms with van der Waals surface area (Å²) < 4.78 is 11.5. The number of amides is 1. The minimum Gasteiger partial charge on any atom is -0.489 e. The second kappa shape index (κ2) is 9.74. The number of ether oxygens (including phenoxy) is 2. The van der Waals surface area contributed by atoms with Crippen molar-refractivity contribution in [1.82, 2.24) is 10.6 Å². The minimum atomic E-state index is -0.0146. The summed E-state index contributed by atoms with van der Waals surface area (Å²) in [6.45, 7) is 12.6. The van der Waals surface area contributed by atoms with Gasteiger partial charge in [0.25, 0.3) is 5.91 Å². The van der Waals surface area contributed by atoms with E-state index >= 15 is 0 Å². The van der Waals surface area contributed by atoms with Gasteiger partial charge in [-0.3, -0.25) is 4.79 Å². The molecule has 33 heavy (non-hydrogen) atoms. The molecule has 6 nitrogen and oxygen atoms in total. The number of morpholine rings is 1. The van der Waals surface area contributed by atoms with Gasteiger partial charge in [0.05, 0.1) is 13.2 Å². The lowest BCUT2D eigenvalue weighted by Gasteiger charge is -2.46. The number of benzene rings is 2. The Labute approximate surface area is 197 Å². The topological polar surface area (TPSA) is 62.8 Å². The Hall–Kier alpha value is -2.57. The van der Waals surface area contributed by atoms with E-state index in [2.05, 4.69) is 55.4 Å². The van der Waals surface area contributed by atoms with Crippen LogP contribution >= 0.6 is 0 Å². The Morgan fingerprint density at radius 1 is 1.06 bits per heavy atom. The summed E-state index contributed by atoms with van der Waals surface area (Å²) in [7, 11) is 0. The van der Waals surface area contributed by atoms with Gasteiger partial charge in [-0.1, -0.05) is 18.2 Å². The quantitative estimate of drug-likeness (QED) is 0.691. The van der Waals surface area contributed by atoms with Crippen LogP contribution in [0, 0.1) is 0 Å². The second-order valence-electron chi connectivity index (χ2n) is 10.6. The molecule has 0 aliphatic carbocycles. The summed E-state index contributed by atoms with van der Waals surface area (Å²) in [5.74, 6) is 0.830. The van der Waals surface area contributed by atoms with Gasteiger partial charge in [0, 0.05) is 47.5 Å². The number of piperidine rings is 1. The predicted octanol–water partition coefficient (Wildman–Crippen LogP) is 4.14. The predicted molar refractivity (Wildman–Crippen MR) is 132 cm³/mol. The molecular weight excluding hydrogens is 414 g/mol. The maximum atomic E-state index is 12.8. The first-order valence-electron chi connectivity index (χ1n) is 11.9. The van der Waals surface area contributed by atoms with Gasteiger partial charge in [-0.05, 0) is 70.4 Å². The summed E-state index contributed by atoms with van der Waals surface area (Å²) in [5, 5.41) is 6.90. The number of rotatable bonds is 6. The Morgan fingerprint density at radius 3 is 2.39 bits per heavy atom. The third-order valence-electron chi connectivity index (χ3n) is 6.34. The van der Waals surface area contributed by atoms with Gasteiger partial charge < -0.3 is 25.0 Å². The van der Waals surface area contributed by atoms with Crippen LogP contribution in [-0.2, 0) is 11.3 Å². The fourth-order valence-electron chi connectivity index (χ4n) is 5.20. The van der Waals surface area contributed by atoms with Gasteiger partial charge in [-0.25, -0.2) is 0 Å². The molecule has 2 saturated heterocycles. The van der Waals surface area contributed by atoms with E-state index in [0.717, 1.165) is 56.1 Å². The molecule has 2 N–H and O–H groups in total. The SMILES string of the molecule is CC1(C)CC(NC(=O)c2ccc(COc3cccc(N4CCOCC4)c3)cc2)CC(C)(C)N1. The van der Waals surface area contributed by atoms with Crippen LogP contribution in [0.1, 0.15) is 56.5 Å². The van der Waals surface area contributed by atoms with Crippen LogP contribution in [0.2, 0.25) is 0 Å². The lowest BCUT2D eigenvalue weighted by molar-refractivity contribution is 0.0873. The van der Waals surface area contributed by atoms with Gasteiger partial charge in [0.1, 0.15) is 12.4 Å². The van der Waals surface area contributed by atoms with Crippen LogP contribution in [0.15, 0.2) is 48.5 Å². The summed E-state index contributed by atoms with van der Waals surface area (Å²) >= 11 is 0. The van der Waals surface area contributed by atoms with Crippen LogP contribution < -0.4 is 20.3 Å². The molecule has 2 heterocycles. The number of hydrogen-bond acceptors (Lipinski definition) is 5. The molecule has 2 fully saturated rings. The summed E-state index contributed by atoms with van der Waals surface area (Å²) in [5.41, 5.74) is 2.88.